The van der Waals surface area contributed by atoms with E-state index < -0.39 is 0 Å². The fourth-order valence-electron chi connectivity index (χ4n) is 2.91. The van der Waals surface area contributed by atoms with Crippen molar-refractivity contribution in [2.75, 3.05) is 12.4 Å². The molecule has 0 aliphatic rings. The third-order valence-corrected chi connectivity index (χ3v) is 4.77. The van der Waals surface area contributed by atoms with Crippen LogP contribution < -0.4 is 10.6 Å². The van der Waals surface area contributed by atoms with Crippen molar-refractivity contribution >= 4 is 40.2 Å². The molecule has 1 amide bonds. The number of fused-ring (bicyclic) bond motifs is 1. The molecule has 7 nitrogen and oxygen atoms in total. The molecule has 0 fully saturated rings. The van der Waals surface area contributed by atoms with Gasteiger partial charge >= 0.3 is 5.97 Å². The number of anilines is 1. The highest BCUT2D eigenvalue weighted by Crippen LogP contribution is 2.24. The van der Waals surface area contributed by atoms with Gasteiger partial charge in [0.25, 0.3) is 0 Å². The summed E-state index contributed by atoms with van der Waals surface area (Å²) < 4.78 is 17.7. The third-order valence-electron chi connectivity index (χ3n) is 4.53. The van der Waals surface area contributed by atoms with Crippen molar-refractivity contribution in [2.45, 2.75) is 32.4 Å². The number of hydrogen-bond acceptors (Lipinski definition) is 6. The summed E-state index contributed by atoms with van der Waals surface area (Å²) in [6.07, 6.45) is 0.785. The molecule has 0 aliphatic carbocycles. The van der Waals surface area contributed by atoms with Crippen LogP contribution in [-0.2, 0) is 27.4 Å². The van der Waals surface area contributed by atoms with Crippen LogP contribution in [0.1, 0.15) is 30.7 Å². The Morgan fingerprint density at radius 2 is 1.84 bits per heavy atom. The summed E-state index contributed by atoms with van der Waals surface area (Å²) in [7, 11) is 1.31. The van der Waals surface area contributed by atoms with Crippen molar-refractivity contribution in [3.05, 3.63) is 64.7 Å². The molecule has 0 radical (unpaired) electrons. The highest BCUT2D eigenvalue weighted by molar-refractivity contribution is 6.31. The zero-order valence-electron chi connectivity index (χ0n) is 17.0. The lowest BCUT2D eigenvalue weighted by atomic mass is 10.2. The molecule has 0 spiro atoms. The molecular weight excluding hydrogens is 423 g/mol. The van der Waals surface area contributed by atoms with Crippen molar-refractivity contribution in [1.82, 2.24) is 15.3 Å². The minimum absolute atomic E-state index is 0.130. The Kier molecular flexibility index (Phi) is 7.72. The summed E-state index contributed by atoms with van der Waals surface area (Å²) >= 11 is 6.11. The van der Waals surface area contributed by atoms with Gasteiger partial charge in [-0.1, -0.05) is 23.7 Å². The number of hydrogen-bond donors (Lipinski definition) is 2. The van der Waals surface area contributed by atoms with Crippen molar-refractivity contribution in [2.24, 2.45) is 0 Å². The maximum Gasteiger partial charge on any atom is 0.305 e. The molecule has 0 aliphatic heterocycles. The molecule has 0 atom stereocenters. The molecular formula is C22H22ClFN4O3. The van der Waals surface area contributed by atoms with Gasteiger partial charge in [0.2, 0.25) is 5.91 Å². The van der Waals surface area contributed by atoms with E-state index in [2.05, 4.69) is 25.3 Å². The number of rotatable bonds is 9. The molecule has 2 N–H and O–H groups in total. The van der Waals surface area contributed by atoms with Crippen molar-refractivity contribution in [3.8, 4) is 0 Å². The number of halogens is 2. The summed E-state index contributed by atoms with van der Waals surface area (Å²) in [4.78, 5) is 32.2. The quantitative estimate of drug-likeness (QED) is 0.485. The van der Waals surface area contributed by atoms with Crippen LogP contribution in [0.25, 0.3) is 10.9 Å². The Bertz CT molecular complexity index is 1080. The minimum Gasteiger partial charge on any atom is -0.469 e. The Labute approximate surface area is 184 Å². The summed E-state index contributed by atoms with van der Waals surface area (Å²) in [5, 5.41) is 7.32. The van der Waals surface area contributed by atoms with Gasteiger partial charge in [-0.2, -0.15) is 0 Å². The number of ether oxygens (including phenoxy) is 1. The second-order valence-corrected chi connectivity index (χ2v) is 7.27. The summed E-state index contributed by atoms with van der Waals surface area (Å²) in [5.41, 5.74) is 1.53. The molecule has 1 heterocycles. The highest BCUT2D eigenvalue weighted by atomic mass is 35.5. The lowest BCUT2D eigenvalue weighted by Gasteiger charge is -2.12. The fourth-order valence-corrected chi connectivity index (χ4v) is 3.08. The Balaban J connectivity index is 1.70. The number of esters is 1. The summed E-state index contributed by atoms with van der Waals surface area (Å²) in [5.74, 6) is 0.146. The van der Waals surface area contributed by atoms with E-state index in [1.54, 1.807) is 24.3 Å². The van der Waals surface area contributed by atoms with Crippen molar-refractivity contribution < 1.29 is 18.7 Å². The van der Waals surface area contributed by atoms with E-state index >= 15 is 0 Å². The van der Waals surface area contributed by atoms with Gasteiger partial charge in [-0.15, -0.1) is 0 Å². The van der Waals surface area contributed by atoms with Crippen LogP contribution in [0.3, 0.4) is 0 Å². The summed E-state index contributed by atoms with van der Waals surface area (Å²) in [6.45, 7) is 0.569. The smallest absolute Gasteiger partial charge is 0.305 e. The minimum atomic E-state index is -0.348. The molecule has 3 rings (SSSR count). The number of amides is 1. The first-order valence-electron chi connectivity index (χ1n) is 9.72. The van der Waals surface area contributed by atoms with Gasteiger partial charge in [-0.25, -0.2) is 14.4 Å². The molecule has 0 saturated carbocycles. The topological polar surface area (TPSA) is 93.2 Å². The van der Waals surface area contributed by atoms with Crippen LogP contribution in [0.15, 0.2) is 42.5 Å². The first-order valence-corrected chi connectivity index (χ1v) is 10.1. The molecule has 3 aromatic rings. The van der Waals surface area contributed by atoms with E-state index in [1.165, 1.54) is 19.2 Å². The predicted molar refractivity (Wildman–Crippen MR) is 116 cm³/mol. The lowest BCUT2D eigenvalue weighted by molar-refractivity contribution is -0.140. The second kappa shape index (κ2) is 10.7. The monoisotopic (exact) mass is 444 g/mol. The Morgan fingerprint density at radius 3 is 2.58 bits per heavy atom. The SMILES string of the molecule is COC(=O)CCCC(=O)NCc1nc(NCc2ccc(F)cc2)c2ccc(Cl)cc2n1. The normalized spacial score (nSPS) is 10.7. The van der Waals surface area contributed by atoms with Gasteiger partial charge in [0.15, 0.2) is 5.82 Å². The molecule has 1 aromatic heterocycles. The molecule has 0 unspecified atom stereocenters. The molecule has 162 valence electrons. The number of nitrogens with zero attached hydrogens (tertiary/aromatic N) is 2. The van der Waals surface area contributed by atoms with E-state index in [-0.39, 0.29) is 37.1 Å². The first-order chi connectivity index (χ1) is 14.9. The number of aromatic nitrogens is 2. The van der Waals surface area contributed by atoms with Gasteiger partial charge in [-0.05, 0) is 42.3 Å². The number of methoxy groups -OCH3 is 1. The van der Waals surface area contributed by atoms with Crippen molar-refractivity contribution in [3.63, 3.8) is 0 Å². The number of carbonyl (C=O) groups is 2. The van der Waals surface area contributed by atoms with E-state index in [1.807, 2.05) is 6.07 Å². The van der Waals surface area contributed by atoms with E-state index in [9.17, 15) is 14.0 Å². The number of benzene rings is 2. The maximum absolute atomic E-state index is 13.1. The largest absolute Gasteiger partial charge is 0.469 e. The van der Waals surface area contributed by atoms with Gasteiger partial charge < -0.3 is 15.4 Å². The van der Waals surface area contributed by atoms with Crippen LogP contribution in [0.4, 0.5) is 10.2 Å². The standard InChI is InChI=1S/C22H22ClFN4O3/c1-31-21(30)4-2-3-20(29)25-13-19-27-18-11-15(23)7-10-17(18)22(28-19)26-12-14-5-8-16(24)9-6-14/h5-11H,2-4,12-13H2,1H3,(H,25,29)(H,26,27,28). The van der Waals surface area contributed by atoms with Gasteiger partial charge in [-0.3, -0.25) is 9.59 Å². The molecule has 31 heavy (non-hydrogen) atoms. The molecule has 2 aromatic carbocycles. The first kappa shape index (κ1) is 22.4. The number of nitrogens with one attached hydrogen (secondary N) is 2. The van der Waals surface area contributed by atoms with Crippen LogP contribution in [0, 0.1) is 5.82 Å². The fraction of sp³-hybridized carbons (Fsp3) is 0.273. The van der Waals surface area contributed by atoms with E-state index in [4.69, 9.17) is 11.6 Å². The van der Waals surface area contributed by atoms with Gasteiger partial charge in [0.1, 0.15) is 11.6 Å². The molecule has 9 heteroatoms. The lowest BCUT2D eigenvalue weighted by Crippen LogP contribution is -2.24. The molecule has 0 bridgehead atoms. The molecule has 0 saturated heterocycles. The van der Waals surface area contributed by atoms with Gasteiger partial charge in [0, 0.05) is 29.8 Å². The van der Waals surface area contributed by atoms with Crippen LogP contribution in [0.5, 0.6) is 0 Å². The number of carbonyl (C=O) groups excluding carboxylic acids is 2. The van der Waals surface area contributed by atoms with Crippen molar-refractivity contribution in [1.29, 1.82) is 0 Å². The predicted octanol–water partition coefficient (Wildman–Crippen LogP) is 3.99. The summed E-state index contributed by atoms with van der Waals surface area (Å²) in [6, 6.07) is 11.5. The Morgan fingerprint density at radius 1 is 1.06 bits per heavy atom. The average molecular weight is 445 g/mol. The van der Waals surface area contributed by atoms with Crippen LogP contribution in [-0.4, -0.2) is 29.0 Å². The van der Waals surface area contributed by atoms with E-state index in [0.29, 0.717) is 35.1 Å². The van der Waals surface area contributed by atoms with Gasteiger partial charge in [0.05, 0.1) is 19.2 Å². The zero-order chi connectivity index (χ0) is 22.2. The third kappa shape index (κ3) is 6.62. The van der Waals surface area contributed by atoms with Crippen LogP contribution >= 0.6 is 11.6 Å². The Hall–Kier alpha value is -3.26. The zero-order valence-corrected chi connectivity index (χ0v) is 17.7. The highest BCUT2D eigenvalue weighted by Gasteiger charge is 2.11. The van der Waals surface area contributed by atoms with Crippen LogP contribution in [0.2, 0.25) is 5.02 Å². The average Bonchev–Trinajstić information content (AvgIpc) is 2.76. The maximum atomic E-state index is 13.1. The van der Waals surface area contributed by atoms with E-state index in [0.717, 1.165) is 10.9 Å². The second-order valence-electron chi connectivity index (χ2n) is 6.84.